The van der Waals surface area contributed by atoms with Crippen LogP contribution in [0.3, 0.4) is 0 Å². The summed E-state index contributed by atoms with van der Waals surface area (Å²) in [6, 6.07) is 11.9. The molecule has 0 fully saturated rings. The molecule has 1 aromatic carbocycles. The Morgan fingerprint density at radius 3 is 2.60 bits per heavy atom. The lowest BCUT2D eigenvalue weighted by atomic mass is 10.2. The minimum absolute atomic E-state index is 0.0128. The lowest BCUT2D eigenvalue weighted by molar-refractivity contribution is -0.115. The smallest absolute Gasteiger partial charge is 0.238 e. The van der Waals surface area contributed by atoms with Gasteiger partial charge in [-0.3, -0.25) is 4.79 Å². The van der Waals surface area contributed by atoms with Gasteiger partial charge in [-0.15, -0.1) is 11.3 Å². The number of anilines is 1. The van der Waals surface area contributed by atoms with Gasteiger partial charge >= 0.3 is 0 Å². The maximum absolute atomic E-state index is 11.7. The highest BCUT2D eigenvalue weighted by atomic mass is 79.9. The topological polar surface area (TPSA) is 41.1 Å². The maximum Gasteiger partial charge on any atom is 0.238 e. The van der Waals surface area contributed by atoms with Crippen molar-refractivity contribution in [2.45, 2.75) is 13.3 Å². The lowest BCUT2D eigenvalue weighted by Gasteiger charge is -2.06. The molecule has 2 aromatic rings. The molecule has 0 spiro atoms. The minimum atomic E-state index is -0.0128. The molecule has 106 valence electrons. The lowest BCUT2D eigenvalue weighted by Crippen LogP contribution is -2.29. The van der Waals surface area contributed by atoms with Crippen LogP contribution in [0.4, 0.5) is 5.69 Å². The third kappa shape index (κ3) is 5.07. The van der Waals surface area contributed by atoms with Gasteiger partial charge in [0.25, 0.3) is 0 Å². The summed E-state index contributed by atoms with van der Waals surface area (Å²) in [6.07, 6.45) is 0.939. The molecule has 1 amide bonds. The van der Waals surface area contributed by atoms with Crippen molar-refractivity contribution in [2.75, 3.05) is 18.4 Å². The van der Waals surface area contributed by atoms with E-state index in [4.69, 9.17) is 0 Å². The van der Waals surface area contributed by atoms with Crippen molar-refractivity contribution in [3.05, 3.63) is 50.6 Å². The number of hydrogen-bond donors (Lipinski definition) is 2. The van der Waals surface area contributed by atoms with E-state index < -0.39 is 0 Å². The van der Waals surface area contributed by atoms with E-state index in [1.165, 1.54) is 10.4 Å². The second kappa shape index (κ2) is 7.57. The summed E-state index contributed by atoms with van der Waals surface area (Å²) in [4.78, 5) is 13.0. The average Bonchev–Trinajstić information content (AvgIpc) is 2.83. The van der Waals surface area contributed by atoms with Crippen LogP contribution in [0.5, 0.6) is 0 Å². The average molecular weight is 353 g/mol. The molecule has 20 heavy (non-hydrogen) atoms. The number of halogens is 1. The summed E-state index contributed by atoms with van der Waals surface area (Å²) in [6.45, 7) is 3.16. The van der Waals surface area contributed by atoms with Crippen molar-refractivity contribution in [1.29, 1.82) is 0 Å². The largest absolute Gasteiger partial charge is 0.325 e. The standard InChI is InChI=1S/C15H17BrN2OS/c1-11-2-4-12(5-3-11)18-15(19)10-17-9-8-13-6-7-14(16)20-13/h2-7,17H,8-10H2,1H3,(H,18,19). The van der Waals surface area contributed by atoms with Crippen molar-refractivity contribution in [2.24, 2.45) is 0 Å². The number of carbonyl (C=O) groups is 1. The molecule has 0 radical (unpaired) electrons. The third-order valence-corrected chi connectivity index (χ3v) is 4.48. The van der Waals surface area contributed by atoms with Crippen LogP contribution in [0.15, 0.2) is 40.2 Å². The Kier molecular flexibility index (Phi) is 5.76. The summed E-state index contributed by atoms with van der Waals surface area (Å²) in [5, 5.41) is 6.02. The zero-order valence-corrected chi connectivity index (χ0v) is 13.7. The number of hydrogen-bond acceptors (Lipinski definition) is 3. The highest BCUT2D eigenvalue weighted by Gasteiger charge is 2.02. The first-order valence-electron chi connectivity index (χ1n) is 6.45. The van der Waals surface area contributed by atoms with Gasteiger partial charge in [-0.1, -0.05) is 17.7 Å². The molecule has 1 aromatic heterocycles. The van der Waals surface area contributed by atoms with E-state index in [9.17, 15) is 4.79 Å². The van der Waals surface area contributed by atoms with E-state index >= 15 is 0 Å². The van der Waals surface area contributed by atoms with Crippen molar-refractivity contribution in [3.63, 3.8) is 0 Å². The quantitative estimate of drug-likeness (QED) is 0.780. The fraction of sp³-hybridized carbons (Fsp3) is 0.267. The normalized spacial score (nSPS) is 10.5. The second-order valence-electron chi connectivity index (χ2n) is 4.55. The number of nitrogens with one attached hydrogen (secondary N) is 2. The Balaban J connectivity index is 1.66. The fourth-order valence-electron chi connectivity index (χ4n) is 1.74. The van der Waals surface area contributed by atoms with Crippen molar-refractivity contribution in [1.82, 2.24) is 5.32 Å². The molecule has 1 heterocycles. The van der Waals surface area contributed by atoms with Gasteiger partial charge in [0, 0.05) is 17.1 Å². The van der Waals surface area contributed by atoms with E-state index in [1.54, 1.807) is 11.3 Å². The maximum atomic E-state index is 11.7. The molecule has 2 rings (SSSR count). The number of carbonyl (C=O) groups excluding carboxylic acids is 1. The molecule has 0 saturated heterocycles. The molecule has 0 aliphatic rings. The molecular formula is C15H17BrN2OS. The summed E-state index contributed by atoms with van der Waals surface area (Å²) in [7, 11) is 0. The predicted molar refractivity (Wildman–Crippen MR) is 88.4 cm³/mol. The SMILES string of the molecule is Cc1ccc(NC(=O)CNCCc2ccc(Br)s2)cc1. The Labute approximate surface area is 131 Å². The number of aryl methyl sites for hydroxylation is 1. The van der Waals surface area contributed by atoms with Crippen molar-refractivity contribution < 1.29 is 4.79 Å². The molecule has 0 aliphatic heterocycles. The molecule has 0 bridgehead atoms. The van der Waals surface area contributed by atoms with Gasteiger partial charge in [-0.25, -0.2) is 0 Å². The number of thiophene rings is 1. The Morgan fingerprint density at radius 2 is 1.95 bits per heavy atom. The highest BCUT2D eigenvalue weighted by Crippen LogP contribution is 2.21. The van der Waals surface area contributed by atoms with E-state index in [-0.39, 0.29) is 5.91 Å². The fourth-order valence-corrected chi connectivity index (χ4v) is 3.22. The van der Waals surface area contributed by atoms with Gasteiger partial charge in [0.15, 0.2) is 0 Å². The van der Waals surface area contributed by atoms with E-state index in [0.29, 0.717) is 6.54 Å². The monoisotopic (exact) mass is 352 g/mol. The number of benzene rings is 1. The minimum Gasteiger partial charge on any atom is -0.325 e. The zero-order chi connectivity index (χ0) is 14.4. The van der Waals surface area contributed by atoms with Gasteiger partial charge in [0.2, 0.25) is 5.91 Å². The van der Waals surface area contributed by atoms with Gasteiger partial charge in [0.1, 0.15) is 0 Å². The summed E-state index contributed by atoms with van der Waals surface area (Å²) >= 11 is 5.17. The summed E-state index contributed by atoms with van der Waals surface area (Å²) < 4.78 is 1.14. The first-order valence-corrected chi connectivity index (χ1v) is 8.06. The first-order chi connectivity index (χ1) is 9.63. The van der Waals surface area contributed by atoms with Crippen molar-refractivity contribution in [3.8, 4) is 0 Å². The first kappa shape index (κ1) is 15.2. The van der Waals surface area contributed by atoms with E-state index in [0.717, 1.165) is 22.4 Å². The van der Waals surface area contributed by atoms with Crippen molar-refractivity contribution >= 4 is 38.9 Å². The van der Waals surface area contributed by atoms with Gasteiger partial charge in [-0.05, 0) is 53.5 Å². The van der Waals surface area contributed by atoms with Crippen LogP contribution >= 0.6 is 27.3 Å². The van der Waals surface area contributed by atoms with Crippen LogP contribution in [0.1, 0.15) is 10.4 Å². The van der Waals surface area contributed by atoms with Crippen LogP contribution in [0, 0.1) is 6.92 Å². The predicted octanol–water partition coefficient (Wildman–Crippen LogP) is 3.59. The number of amides is 1. The molecule has 0 atom stereocenters. The Bertz CT molecular complexity index is 566. The summed E-state index contributed by atoms with van der Waals surface area (Å²) in [5.74, 6) is -0.0128. The molecule has 0 aliphatic carbocycles. The zero-order valence-electron chi connectivity index (χ0n) is 11.3. The van der Waals surface area contributed by atoms with Gasteiger partial charge in [0.05, 0.1) is 10.3 Å². The van der Waals surface area contributed by atoms with E-state index in [2.05, 4.69) is 32.6 Å². The molecule has 0 unspecified atom stereocenters. The Hall–Kier alpha value is -1.17. The third-order valence-electron chi connectivity index (χ3n) is 2.80. The van der Waals surface area contributed by atoms with Gasteiger partial charge < -0.3 is 10.6 Å². The van der Waals surface area contributed by atoms with Gasteiger partial charge in [-0.2, -0.15) is 0 Å². The second-order valence-corrected chi connectivity index (χ2v) is 7.09. The molecule has 2 N–H and O–H groups in total. The summed E-state index contributed by atoms with van der Waals surface area (Å²) in [5.41, 5.74) is 2.02. The van der Waals surface area contributed by atoms with Crippen LogP contribution < -0.4 is 10.6 Å². The Morgan fingerprint density at radius 1 is 1.20 bits per heavy atom. The van der Waals surface area contributed by atoms with Crippen LogP contribution in [-0.4, -0.2) is 19.0 Å². The molecule has 3 nitrogen and oxygen atoms in total. The van der Waals surface area contributed by atoms with Crippen LogP contribution in [-0.2, 0) is 11.2 Å². The van der Waals surface area contributed by atoms with E-state index in [1.807, 2.05) is 37.3 Å². The van der Waals surface area contributed by atoms with Crippen LogP contribution in [0.25, 0.3) is 0 Å². The highest BCUT2D eigenvalue weighted by molar-refractivity contribution is 9.11. The molecular weight excluding hydrogens is 336 g/mol. The van der Waals surface area contributed by atoms with Crippen LogP contribution in [0.2, 0.25) is 0 Å². The number of rotatable bonds is 6. The molecule has 5 heteroatoms. The molecule has 0 saturated carbocycles.